The van der Waals surface area contributed by atoms with E-state index in [1.807, 2.05) is 0 Å². The van der Waals surface area contributed by atoms with Crippen LogP contribution in [0.25, 0.3) is 0 Å². The van der Waals surface area contributed by atoms with Crippen molar-refractivity contribution in [3.05, 3.63) is 22.9 Å². The lowest BCUT2D eigenvalue weighted by atomic mass is 10.0. The third kappa shape index (κ3) is 2.05. The molecule has 2 rings (SSSR count). The first-order chi connectivity index (χ1) is 8.00. The number of carbonyl (C=O) groups is 2. The predicted octanol–water partition coefficient (Wildman–Crippen LogP) is 1.27. The van der Waals surface area contributed by atoms with Crippen molar-refractivity contribution in [1.82, 2.24) is 4.90 Å². The van der Waals surface area contributed by atoms with E-state index >= 15 is 0 Å². The molecule has 0 aromatic rings. The Morgan fingerprint density at radius 2 is 1.94 bits per heavy atom. The number of Topliss-reactive ketones (excluding diaryl/α,β-unsaturated/α-hetero) is 1. The lowest BCUT2D eigenvalue weighted by Crippen LogP contribution is -2.35. The van der Waals surface area contributed by atoms with E-state index in [4.69, 9.17) is 4.74 Å². The maximum Gasteiger partial charge on any atom is 0.265 e. The van der Waals surface area contributed by atoms with Crippen molar-refractivity contribution in [3.8, 4) is 0 Å². The third-order valence-corrected chi connectivity index (χ3v) is 3.14. The first kappa shape index (κ1) is 11.7. The smallest absolute Gasteiger partial charge is 0.265 e. The summed E-state index contributed by atoms with van der Waals surface area (Å²) in [5, 5.41) is 9.41. The molecule has 1 N–H and O–H groups in total. The molecule has 0 aromatic carbocycles. The van der Waals surface area contributed by atoms with Gasteiger partial charge in [0.25, 0.3) is 5.78 Å². The first-order valence-electron chi connectivity index (χ1n) is 5.60. The molecule has 2 aliphatic rings. The first-order valence-corrected chi connectivity index (χ1v) is 5.60. The van der Waals surface area contributed by atoms with Gasteiger partial charge in [-0.15, -0.1) is 0 Å². The molecule has 2 heterocycles. The molecule has 0 aliphatic carbocycles. The van der Waals surface area contributed by atoms with E-state index in [9.17, 15) is 14.7 Å². The van der Waals surface area contributed by atoms with Crippen molar-refractivity contribution in [1.29, 1.82) is 0 Å². The molecule has 1 fully saturated rings. The Hall–Kier alpha value is -1.78. The van der Waals surface area contributed by atoms with Crippen LogP contribution in [-0.4, -0.2) is 34.8 Å². The Morgan fingerprint density at radius 1 is 1.35 bits per heavy atom. The Kier molecular flexibility index (Phi) is 2.92. The quantitative estimate of drug-likeness (QED) is 0.644. The van der Waals surface area contributed by atoms with E-state index in [-0.39, 0.29) is 23.2 Å². The van der Waals surface area contributed by atoms with E-state index in [0.29, 0.717) is 25.9 Å². The summed E-state index contributed by atoms with van der Waals surface area (Å²) >= 11 is 0. The van der Waals surface area contributed by atoms with Gasteiger partial charge in [0, 0.05) is 20.0 Å². The van der Waals surface area contributed by atoms with Gasteiger partial charge in [0.1, 0.15) is 5.76 Å². The van der Waals surface area contributed by atoms with Crippen molar-refractivity contribution in [2.45, 2.75) is 26.7 Å². The van der Waals surface area contributed by atoms with Gasteiger partial charge in [-0.3, -0.25) is 9.59 Å². The number of rotatable bonds is 0. The number of hydrogen-bond acceptors (Lipinski definition) is 4. The standard InChI is InChI=1S/C12H15NO4/c1-7-10(15)11(16)12(17-7)9-3-5-13(6-4-9)8(2)14/h15H,3-6H2,1-2H3. The fourth-order valence-electron chi connectivity index (χ4n) is 2.07. The van der Waals surface area contributed by atoms with Gasteiger partial charge >= 0.3 is 0 Å². The van der Waals surface area contributed by atoms with Crippen LogP contribution in [0.3, 0.4) is 0 Å². The van der Waals surface area contributed by atoms with Crippen LogP contribution in [0, 0.1) is 0 Å². The van der Waals surface area contributed by atoms with Crippen molar-refractivity contribution in [2.75, 3.05) is 13.1 Å². The van der Waals surface area contributed by atoms with E-state index in [2.05, 4.69) is 0 Å². The number of allylic oxidation sites excluding steroid dienone is 1. The molecular weight excluding hydrogens is 222 g/mol. The number of amides is 1. The van der Waals surface area contributed by atoms with Gasteiger partial charge in [-0.25, -0.2) is 0 Å². The summed E-state index contributed by atoms with van der Waals surface area (Å²) in [4.78, 5) is 24.6. The summed E-state index contributed by atoms with van der Waals surface area (Å²) in [5.74, 6) is -0.185. The van der Waals surface area contributed by atoms with Crippen LogP contribution >= 0.6 is 0 Å². The van der Waals surface area contributed by atoms with Crippen molar-refractivity contribution < 1.29 is 19.4 Å². The molecule has 0 unspecified atom stereocenters. The van der Waals surface area contributed by atoms with Crippen LogP contribution in [0.5, 0.6) is 0 Å². The van der Waals surface area contributed by atoms with Gasteiger partial charge in [-0.05, 0) is 25.3 Å². The number of aliphatic hydroxyl groups is 1. The topological polar surface area (TPSA) is 66.8 Å². The van der Waals surface area contributed by atoms with Gasteiger partial charge in [0.2, 0.25) is 11.7 Å². The van der Waals surface area contributed by atoms with Crippen LogP contribution < -0.4 is 0 Å². The molecule has 0 aromatic heterocycles. The van der Waals surface area contributed by atoms with Gasteiger partial charge in [-0.2, -0.15) is 0 Å². The van der Waals surface area contributed by atoms with Crippen LogP contribution in [-0.2, 0) is 14.3 Å². The number of nitrogens with zero attached hydrogens (tertiary/aromatic N) is 1. The molecule has 2 aliphatic heterocycles. The van der Waals surface area contributed by atoms with Crippen molar-refractivity contribution in [3.63, 3.8) is 0 Å². The molecule has 5 heteroatoms. The minimum absolute atomic E-state index is 0.0462. The monoisotopic (exact) mass is 237 g/mol. The number of ether oxygens (including phenoxy) is 1. The van der Waals surface area contributed by atoms with Gasteiger partial charge in [-0.1, -0.05) is 0 Å². The lowest BCUT2D eigenvalue weighted by molar-refractivity contribution is -0.129. The zero-order valence-electron chi connectivity index (χ0n) is 9.95. The van der Waals surface area contributed by atoms with Crippen LogP contribution in [0.2, 0.25) is 0 Å². The lowest BCUT2D eigenvalue weighted by Gasteiger charge is -2.27. The highest BCUT2D eigenvalue weighted by molar-refractivity contribution is 6.07. The number of piperidine rings is 1. The second-order valence-electron chi connectivity index (χ2n) is 4.27. The Morgan fingerprint density at radius 3 is 2.35 bits per heavy atom. The molecule has 1 saturated heterocycles. The van der Waals surface area contributed by atoms with Gasteiger partial charge in [0.05, 0.1) is 0 Å². The van der Waals surface area contributed by atoms with Gasteiger partial charge in [0.15, 0.2) is 5.76 Å². The Balaban J connectivity index is 2.12. The Bertz CT molecular complexity index is 437. The number of carbonyl (C=O) groups excluding carboxylic acids is 2. The summed E-state index contributed by atoms with van der Waals surface area (Å²) in [6.07, 6.45) is 1.25. The maximum atomic E-state index is 11.7. The molecule has 0 saturated carbocycles. The van der Waals surface area contributed by atoms with E-state index in [0.717, 1.165) is 5.57 Å². The molecule has 0 bridgehead atoms. The molecule has 0 radical (unpaired) electrons. The van der Waals surface area contributed by atoms with E-state index in [1.54, 1.807) is 11.8 Å². The summed E-state index contributed by atoms with van der Waals surface area (Å²) in [6.45, 7) is 4.30. The van der Waals surface area contributed by atoms with E-state index in [1.165, 1.54) is 6.92 Å². The molecule has 0 spiro atoms. The normalized spacial score (nSPS) is 21.1. The second kappa shape index (κ2) is 4.24. The number of likely N-dealkylation sites (tertiary alicyclic amines) is 1. The molecular formula is C12H15NO4. The summed E-state index contributed by atoms with van der Waals surface area (Å²) in [5.41, 5.74) is 0.885. The highest BCUT2D eigenvalue weighted by Gasteiger charge is 2.32. The van der Waals surface area contributed by atoms with Crippen molar-refractivity contribution >= 4 is 11.7 Å². The summed E-state index contributed by atoms with van der Waals surface area (Å²) in [6, 6.07) is 0. The fraction of sp³-hybridized carbons (Fsp3) is 0.500. The summed E-state index contributed by atoms with van der Waals surface area (Å²) < 4.78 is 5.28. The summed E-state index contributed by atoms with van der Waals surface area (Å²) in [7, 11) is 0. The van der Waals surface area contributed by atoms with E-state index < -0.39 is 5.78 Å². The number of ketones is 1. The molecule has 0 atom stereocenters. The average molecular weight is 237 g/mol. The minimum Gasteiger partial charge on any atom is -0.502 e. The largest absolute Gasteiger partial charge is 0.502 e. The highest BCUT2D eigenvalue weighted by Crippen LogP contribution is 2.29. The molecule has 1 amide bonds. The average Bonchev–Trinajstić information content (AvgIpc) is 2.57. The predicted molar refractivity (Wildman–Crippen MR) is 59.9 cm³/mol. The zero-order valence-corrected chi connectivity index (χ0v) is 9.95. The number of aliphatic hydroxyl groups excluding tert-OH is 1. The SMILES string of the molecule is CC(=O)N1CCC(=C2OC(C)=C(O)C2=O)CC1. The highest BCUT2D eigenvalue weighted by atomic mass is 16.5. The van der Waals surface area contributed by atoms with Crippen LogP contribution in [0.4, 0.5) is 0 Å². The van der Waals surface area contributed by atoms with Crippen LogP contribution in [0.15, 0.2) is 22.9 Å². The van der Waals surface area contributed by atoms with Crippen LogP contribution in [0.1, 0.15) is 26.7 Å². The fourth-order valence-corrected chi connectivity index (χ4v) is 2.07. The molecule has 17 heavy (non-hydrogen) atoms. The van der Waals surface area contributed by atoms with Crippen molar-refractivity contribution in [2.24, 2.45) is 0 Å². The minimum atomic E-state index is -0.436. The zero-order chi connectivity index (χ0) is 12.6. The van der Waals surface area contributed by atoms with Gasteiger partial charge < -0.3 is 14.7 Å². The molecule has 92 valence electrons. The Labute approximate surface area is 99.4 Å². The second-order valence-corrected chi connectivity index (χ2v) is 4.27. The maximum absolute atomic E-state index is 11.7. The third-order valence-electron chi connectivity index (χ3n) is 3.14. The molecule has 5 nitrogen and oxygen atoms in total. The number of hydrogen-bond donors (Lipinski definition) is 1.